The number of aromatic nitrogens is 5. The van der Waals surface area contributed by atoms with E-state index >= 15 is 0 Å². The smallest absolute Gasteiger partial charge is 0.210 e. The van der Waals surface area contributed by atoms with Gasteiger partial charge in [0, 0.05) is 30.5 Å². The molecule has 1 aliphatic rings. The van der Waals surface area contributed by atoms with E-state index in [0.29, 0.717) is 6.04 Å². The van der Waals surface area contributed by atoms with Crippen LogP contribution in [0.1, 0.15) is 26.2 Å². The normalized spacial score (nSPS) is 16.3. The minimum Gasteiger partial charge on any atom is -0.354 e. The third-order valence-corrected chi connectivity index (χ3v) is 6.95. The summed E-state index contributed by atoms with van der Waals surface area (Å²) in [6.07, 6.45) is 9.02. The summed E-state index contributed by atoms with van der Waals surface area (Å²) in [6, 6.07) is 19.4. The van der Waals surface area contributed by atoms with Crippen LogP contribution in [0.3, 0.4) is 0 Å². The number of rotatable bonds is 7. The van der Waals surface area contributed by atoms with Crippen LogP contribution in [-0.2, 0) is 0 Å². The fraction of sp³-hybridized carbons (Fsp3) is 0.286. The van der Waals surface area contributed by atoms with Crippen molar-refractivity contribution in [1.29, 1.82) is 0 Å². The maximum atomic E-state index is 5.16. The minimum atomic E-state index is 0.521. The number of pyridine rings is 1. The van der Waals surface area contributed by atoms with Gasteiger partial charge in [0.15, 0.2) is 5.65 Å². The third kappa shape index (κ3) is 4.12. The first kappa shape index (κ1) is 21.7. The summed E-state index contributed by atoms with van der Waals surface area (Å²) >= 11 is 0. The summed E-state index contributed by atoms with van der Waals surface area (Å²) in [7, 11) is 0. The number of fused-ring (bicyclic) bond motifs is 2. The molecule has 1 aliphatic heterocycles. The lowest BCUT2D eigenvalue weighted by molar-refractivity contribution is 0.263. The maximum Gasteiger partial charge on any atom is 0.210 e. The van der Waals surface area contributed by atoms with Crippen LogP contribution in [0, 0.1) is 0 Å². The predicted molar refractivity (Wildman–Crippen MR) is 140 cm³/mol. The molecule has 35 heavy (non-hydrogen) atoms. The Bertz CT molecular complexity index is 1460. The highest BCUT2D eigenvalue weighted by Gasteiger charge is 2.25. The van der Waals surface area contributed by atoms with Gasteiger partial charge in [0.25, 0.3) is 0 Å². The van der Waals surface area contributed by atoms with E-state index in [0.717, 1.165) is 47.1 Å². The second-order valence-electron chi connectivity index (χ2n) is 9.19. The summed E-state index contributed by atoms with van der Waals surface area (Å²) in [5, 5.41) is 14.9. The highest BCUT2D eigenvalue weighted by atomic mass is 15.3. The molecular formula is C28H29N7. The van der Waals surface area contributed by atoms with E-state index in [1.165, 1.54) is 36.6 Å². The molecule has 1 N–H and O–H groups in total. The molecule has 0 amide bonds. The van der Waals surface area contributed by atoms with Gasteiger partial charge in [0.2, 0.25) is 5.95 Å². The van der Waals surface area contributed by atoms with Crippen LogP contribution in [-0.4, -0.2) is 55.1 Å². The summed E-state index contributed by atoms with van der Waals surface area (Å²) < 4.78 is 1.98. The Morgan fingerprint density at radius 3 is 2.71 bits per heavy atom. The van der Waals surface area contributed by atoms with Gasteiger partial charge in [-0.3, -0.25) is 14.3 Å². The van der Waals surface area contributed by atoms with Crippen molar-refractivity contribution >= 4 is 22.4 Å². The molecule has 0 aliphatic carbocycles. The SMILES string of the molecule is CCCN1CCC[C@H]1CNc1nc(-c2ccncc2)c(-c2ccc3ccccc3c2)c2nncn12. The number of benzene rings is 2. The fourth-order valence-electron chi connectivity index (χ4n) is 5.25. The minimum absolute atomic E-state index is 0.521. The molecule has 3 aromatic heterocycles. The zero-order valence-electron chi connectivity index (χ0n) is 19.9. The summed E-state index contributed by atoms with van der Waals surface area (Å²) in [5.41, 5.74) is 4.71. The quantitative estimate of drug-likeness (QED) is 0.353. The van der Waals surface area contributed by atoms with Crippen molar-refractivity contribution in [2.24, 2.45) is 0 Å². The van der Waals surface area contributed by atoms with Gasteiger partial charge < -0.3 is 5.32 Å². The molecule has 6 rings (SSSR count). The van der Waals surface area contributed by atoms with Gasteiger partial charge in [-0.05, 0) is 66.9 Å². The van der Waals surface area contributed by atoms with Crippen LogP contribution in [0.25, 0.3) is 38.8 Å². The van der Waals surface area contributed by atoms with E-state index in [1.807, 2.05) is 28.9 Å². The average Bonchev–Trinajstić information content (AvgIpc) is 3.57. The Hall–Kier alpha value is -3.84. The van der Waals surface area contributed by atoms with E-state index in [1.54, 1.807) is 6.33 Å². The van der Waals surface area contributed by atoms with Crippen molar-refractivity contribution in [2.45, 2.75) is 32.2 Å². The Morgan fingerprint density at radius 1 is 1.00 bits per heavy atom. The van der Waals surface area contributed by atoms with Gasteiger partial charge in [0.1, 0.15) is 6.33 Å². The lowest BCUT2D eigenvalue weighted by Gasteiger charge is -2.24. The van der Waals surface area contributed by atoms with Gasteiger partial charge in [-0.2, -0.15) is 0 Å². The predicted octanol–water partition coefficient (Wildman–Crippen LogP) is 5.29. The molecule has 2 aromatic carbocycles. The number of hydrogen-bond donors (Lipinski definition) is 1. The summed E-state index contributed by atoms with van der Waals surface area (Å²) in [5.74, 6) is 0.768. The van der Waals surface area contributed by atoms with Crippen LogP contribution in [0.5, 0.6) is 0 Å². The van der Waals surface area contributed by atoms with Crippen LogP contribution in [0.2, 0.25) is 0 Å². The number of hydrogen-bond acceptors (Lipinski definition) is 6. The Balaban J connectivity index is 1.47. The van der Waals surface area contributed by atoms with Gasteiger partial charge in [-0.1, -0.05) is 43.3 Å². The molecule has 0 radical (unpaired) electrons. The van der Waals surface area contributed by atoms with Crippen molar-refractivity contribution in [1.82, 2.24) is 29.5 Å². The molecule has 1 atom stereocenters. The largest absolute Gasteiger partial charge is 0.354 e. The van der Waals surface area contributed by atoms with E-state index in [-0.39, 0.29) is 0 Å². The highest BCUT2D eigenvalue weighted by Crippen LogP contribution is 2.36. The first-order chi connectivity index (χ1) is 17.3. The van der Waals surface area contributed by atoms with Crippen molar-refractivity contribution in [3.05, 3.63) is 73.3 Å². The first-order valence-electron chi connectivity index (χ1n) is 12.4. The van der Waals surface area contributed by atoms with Crippen molar-refractivity contribution < 1.29 is 0 Å². The second kappa shape index (κ2) is 9.43. The van der Waals surface area contributed by atoms with Crippen LogP contribution in [0.4, 0.5) is 5.95 Å². The van der Waals surface area contributed by atoms with E-state index in [2.05, 4.69) is 74.8 Å². The zero-order valence-corrected chi connectivity index (χ0v) is 19.9. The Kier molecular flexibility index (Phi) is 5.84. The molecule has 0 saturated carbocycles. The van der Waals surface area contributed by atoms with Crippen molar-refractivity contribution in [3.63, 3.8) is 0 Å². The monoisotopic (exact) mass is 463 g/mol. The van der Waals surface area contributed by atoms with Gasteiger partial charge >= 0.3 is 0 Å². The Labute approximate surface area is 204 Å². The van der Waals surface area contributed by atoms with E-state index in [9.17, 15) is 0 Å². The van der Waals surface area contributed by atoms with Crippen molar-refractivity contribution in [3.8, 4) is 22.4 Å². The topological polar surface area (TPSA) is 71.2 Å². The van der Waals surface area contributed by atoms with Crippen molar-refractivity contribution in [2.75, 3.05) is 25.0 Å². The molecule has 176 valence electrons. The molecule has 5 aromatic rings. The molecular weight excluding hydrogens is 434 g/mol. The number of likely N-dealkylation sites (tertiary alicyclic amines) is 1. The van der Waals surface area contributed by atoms with Gasteiger partial charge in [0.05, 0.1) is 11.3 Å². The first-order valence-corrected chi connectivity index (χ1v) is 12.4. The van der Waals surface area contributed by atoms with Crippen LogP contribution in [0.15, 0.2) is 73.3 Å². The second-order valence-corrected chi connectivity index (χ2v) is 9.19. The van der Waals surface area contributed by atoms with Gasteiger partial charge in [-0.15, -0.1) is 10.2 Å². The fourth-order valence-corrected chi connectivity index (χ4v) is 5.25. The molecule has 7 nitrogen and oxygen atoms in total. The standard InChI is InChI=1S/C28H29N7/c1-2-15-34-16-5-8-24(34)18-30-28-32-26(21-11-13-29-14-12-21)25(27-33-31-19-35(27)28)23-10-9-20-6-3-4-7-22(20)17-23/h3-4,6-7,9-14,17,19,24H,2,5,8,15-16,18H2,1H3,(H,30,32)/t24-/m0/s1. The molecule has 1 saturated heterocycles. The van der Waals surface area contributed by atoms with Crippen LogP contribution >= 0.6 is 0 Å². The molecule has 7 heteroatoms. The third-order valence-electron chi connectivity index (χ3n) is 6.95. The van der Waals surface area contributed by atoms with Crippen LogP contribution < -0.4 is 5.32 Å². The van der Waals surface area contributed by atoms with E-state index < -0.39 is 0 Å². The maximum absolute atomic E-state index is 5.16. The Morgan fingerprint density at radius 2 is 1.86 bits per heavy atom. The number of nitrogens with zero attached hydrogens (tertiary/aromatic N) is 6. The van der Waals surface area contributed by atoms with Gasteiger partial charge in [-0.25, -0.2) is 4.98 Å². The zero-order chi connectivity index (χ0) is 23.6. The number of anilines is 1. The lowest BCUT2D eigenvalue weighted by atomic mass is 9.98. The molecule has 0 bridgehead atoms. The van der Waals surface area contributed by atoms with E-state index in [4.69, 9.17) is 4.98 Å². The molecule has 0 unspecified atom stereocenters. The lowest BCUT2D eigenvalue weighted by Crippen LogP contribution is -2.35. The molecule has 4 heterocycles. The summed E-state index contributed by atoms with van der Waals surface area (Å²) in [4.78, 5) is 12.0. The average molecular weight is 464 g/mol. The molecule has 1 fully saturated rings. The molecule has 0 spiro atoms. The number of nitrogens with one attached hydrogen (secondary N) is 1. The highest BCUT2D eigenvalue weighted by molar-refractivity contribution is 5.95. The summed E-state index contributed by atoms with van der Waals surface area (Å²) in [6.45, 7) is 5.42.